The van der Waals surface area contributed by atoms with Crippen LogP contribution >= 0.6 is 11.8 Å². The Morgan fingerprint density at radius 1 is 1.14 bits per heavy atom. The lowest BCUT2D eigenvalue weighted by molar-refractivity contribution is -0.205. The number of rotatable bonds is 3. The minimum atomic E-state index is -1.48. The Kier molecular flexibility index (Phi) is 5.62. The standard InChI is InChI=1S/C13H18N2O6S/c14-7-3-1-6(2-4-7)12(15-20)22-13-11(19)10(18)9(17)8(5-16)21-13/h1-4,8-11,13,16-20H,5,14H2/b15-12-/t8-,9-,10+,11-,13+/m1/s1. The van der Waals surface area contributed by atoms with Crippen LogP contribution in [0.1, 0.15) is 5.56 Å². The third kappa shape index (κ3) is 3.51. The van der Waals surface area contributed by atoms with Crippen molar-refractivity contribution in [3.8, 4) is 0 Å². The molecular formula is C13H18N2O6S. The van der Waals surface area contributed by atoms with Gasteiger partial charge < -0.3 is 36.1 Å². The number of benzene rings is 1. The van der Waals surface area contributed by atoms with E-state index >= 15 is 0 Å². The third-order valence-electron chi connectivity index (χ3n) is 3.32. The molecule has 0 amide bonds. The number of aliphatic hydroxyl groups excluding tert-OH is 4. The van der Waals surface area contributed by atoms with E-state index in [1.54, 1.807) is 24.3 Å². The summed E-state index contributed by atoms with van der Waals surface area (Å²) >= 11 is 0.862. The van der Waals surface area contributed by atoms with E-state index in [-0.39, 0.29) is 5.04 Å². The number of aliphatic hydroxyl groups is 4. The first-order chi connectivity index (χ1) is 10.5. The van der Waals surface area contributed by atoms with Crippen molar-refractivity contribution in [3.63, 3.8) is 0 Å². The summed E-state index contributed by atoms with van der Waals surface area (Å²) in [6.45, 7) is -0.518. The fraction of sp³-hybridized carbons (Fsp3) is 0.462. The van der Waals surface area contributed by atoms with Gasteiger partial charge in [-0.1, -0.05) is 29.1 Å². The second-order valence-electron chi connectivity index (χ2n) is 4.84. The Labute approximate surface area is 130 Å². The maximum atomic E-state index is 9.96. The van der Waals surface area contributed by atoms with Crippen molar-refractivity contribution in [1.82, 2.24) is 0 Å². The van der Waals surface area contributed by atoms with Crippen LogP contribution in [0.2, 0.25) is 0 Å². The topological polar surface area (TPSA) is 149 Å². The molecule has 0 aliphatic carbocycles. The summed E-state index contributed by atoms with van der Waals surface area (Å²) in [6.07, 6.45) is -5.33. The zero-order chi connectivity index (χ0) is 16.3. The normalized spacial score (nSPS) is 32.9. The van der Waals surface area contributed by atoms with Crippen LogP contribution in [-0.4, -0.2) is 67.1 Å². The lowest BCUT2D eigenvalue weighted by Crippen LogP contribution is -2.57. The monoisotopic (exact) mass is 330 g/mol. The van der Waals surface area contributed by atoms with Gasteiger partial charge in [0, 0.05) is 11.3 Å². The molecule has 0 spiro atoms. The van der Waals surface area contributed by atoms with Gasteiger partial charge in [0.15, 0.2) is 0 Å². The molecule has 0 aromatic heterocycles. The van der Waals surface area contributed by atoms with E-state index in [0.717, 1.165) is 11.8 Å². The summed E-state index contributed by atoms with van der Waals surface area (Å²) in [7, 11) is 0. The molecule has 122 valence electrons. The van der Waals surface area contributed by atoms with Crippen LogP contribution in [0.5, 0.6) is 0 Å². The maximum Gasteiger partial charge on any atom is 0.145 e. The zero-order valence-corrected chi connectivity index (χ0v) is 12.3. The SMILES string of the molecule is Nc1ccc(/C(=N/O)S[C@@H]2O[C@H](CO)[C@@H](O)[C@H](O)[C@H]2O)cc1. The van der Waals surface area contributed by atoms with Crippen LogP contribution in [0.4, 0.5) is 5.69 Å². The van der Waals surface area contributed by atoms with Gasteiger partial charge in [-0.2, -0.15) is 0 Å². The number of ether oxygens (including phenoxy) is 1. The van der Waals surface area contributed by atoms with Crippen molar-refractivity contribution < 1.29 is 30.4 Å². The summed E-state index contributed by atoms with van der Waals surface area (Å²) in [5.74, 6) is 0. The number of hydrogen-bond donors (Lipinski definition) is 6. The molecule has 0 unspecified atom stereocenters. The van der Waals surface area contributed by atoms with E-state index in [4.69, 9.17) is 20.8 Å². The van der Waals surface area contributed by atoms with Crippen molar-refractivity contribution in [2.75, 3.05) is 12.3 Å². The van der Waals surface area contributed by atoms with E-state index in [1.165, 1.54) is 0 Å². The van der Waals surface area contributed by atoms with Crippen LogP contribution in [0, 0.1) is 0 Å². The van der Waals surface area contributed by atoms with E-state index in [0.29, 0.717) is 11.3 Å². The summed E-state index contributed by atoms with van der Waals surface area (Å²) in [4.78, 5) is 0. The van der Waals surface area contributed by atoms with Gasteiger partial charge >= 0.3 is 0 Å². The van der Waals surface area contributed by atoms with Gasteiger partial charge in [0.05, 0.1) is 6.61 Å². The predicted octanol–water partition coefficient (Wildman–Crippen LogP) is -1.06. The van der Waals surface area contributed by atoms with Crippen LogP contribution < -0.4 is 5.73 Å². The maximum absolute atomic E-state index is 9.96. The molecule has 1 aliphatic heterocycles. The van der Waals surface area contributed by atoms with Crippen molar-refractivity contribution in [1.29, 1.82) is 0 Å². The predicted molar refractivity (Wildman–Crippen MR) is 80.5 cm³/mol. The molecule has 1 aliphatic rings. The summed E-state index contributed by atoms with van der Waals surface area (Å²) in [5, 5.41) is 51.0. The van der Waals surface area contributed by atoms with E-state index in [1.807, 2.05) is 0 Å². The molecule has 22 heavy (non-hydrogen) atoms. The number of nitrogens with zero attached hydrogens (tertiary/aromatic N) is 1. The minimum absolute atomic E-state index is 0.143. The van der Waals surface area contributed by atoms with E-state index in [9.17, 15) is 15.3 Å². The highest BCUT2D eigenvalue weighted by Gasteiger charge is 2.44. The van der Waals surface area contributed by atoms with Crippen molar-refractivity contribution in [2.45, 2.75) is 29.9 Å². The summed E-state index contributed by atoms with van der Waals surface area (Å²) in [5.41, 5.74) is 5.65. The number of nitrogens with two attached hydrogens (primary N) is 1. The van der Waals surface area contributed by atoms with E-state index < -0.39 is 36.5 Å². The van der Waals surface area contributed by atoms with Crippen molar-refractivity contribution in [3.05, 3.63) is 29.8 Å². The zero-order valence-electron chi connectivity index (χ0n) is 11.5. The Bertz CT molecular complexity index is 524. The Hall–Kier alpha value is -1.36. The molecule has 0 bridgehead atoms. The van der Waals surface area contributed by atoms with Gasteiger partial charge in [0.25, 0.3) is 0 Å². The second kappa shape index (κ2) is 7.27. The van der Waals surface area contributed by atoms with Gasteiger partial charge in [0.2, 0.25) is 0 Å². The third-order valence-corrected chi connectivity index (χ3v) is 4.49. The molecule has 1 aromatic rings. The van der Waals surface area contributed by atoms with Crippen LogP contribution in [-0.2, 0) is 4.74 Å². The summed E-state index contributed by atoms with van der Waals surface area (Å²) in [6, 6.07) is 6.49. The largest absolute Gasteiger partial charge is 0.410 e. The van der Waals surface area contributed by atoms with Crippen molar-refractivity contribution >= 4 is 22.5 Å². The average Bonchev–Trinajstić information content (AvgIpc) is 2.53. The second-order valence-corrected chi connectivity index (χ2v) is 5.93. The number of nitrogen functional groups attached to an aromatic ring is 1. The number of oxime groups is 1. The van der Waals surface area contributed by atoms with Gasteiger partial charge in [-0.15, -0.1) is 0 Å². The highest BCUT2D eigenvalue weighted by molar-refractivity contribution is 8.14. The van der Waals surface area contributed by atoms with Gasteiger partial charge in [-0.05, 0) is 12.1 Å². The van der Waals surface area contributed by atoms with Gasteiger partial charge in [-0.3, -0.25) is 0 Å². The Morgan fingerprint density at radius 3 is 2.32 bits per heavy atom. The Morgan fingerprint density at radius 2 is 1.77 bits per heavy atom. The first kappa shape index (κ1) is 17.0. The molecule has 0 saturated carbocycles. The molecule has 2 rings (SSSR count). The molecule has 7 N–H and O–H groups in total. The van der Waals surface area contributed by atoms with Crippen LogP contribution in [0.15, 0.2) is 29.4 Å². The number of thioether (sulfide) groups is 1. The molecular weight excluding hydrogens is 312 g/mol. The lowest BCUT2D eigenvalue weighted by Gasteiger charge is -2.39. The average molecular weight is 330 g/mol. The minimum Gasteiger partial charge on any atom is -0.410 e. The number of anilines is 1. The van der Waals surface area contributed by atoms with Gasteiger partial charge in [-0.25, -0.2) is 0 Å². The Balaban J connectivity index is 2.15. The fourth-order valence-corrected chi connectivity index (χ4v) is 3.09. The first-order valence-electron chi connectivity index (χ1n) is 6.53. The smallest absolute Gasteiger partial charge is 0.145 e. The molecule has 8 nitrogen and oxygen atoms in total. The highest BCUT2D eigenvalue weighted by Crippen LogP contribution is 2.31. The molecule has 1 aromatic carbocycles. The lowest BCUT2D eigenvalue weighted by atomic mass is 10.0. The van der Waals surface area contributed by atoms with Crippen molar-refractivity contribution in [2.24, 2.45) is 5.16 Å². The first-order valence-corrected chi connectivity index (χ1v) is 7.41. The summed E-state index contributed by atoms with van der Waals surface area (Å²) < 4.78 is 5.34. The molecule has 1 saturated heterocycles. The van der Waals surface area contributed by atoms with Gasteiger partial charge in [0.1, 0.15) is 34.9 Å². The molecule has 1 fully saturated rings. The molecule has 0 radical (unpaired) electrons. The molecule has 9 heteroatoms. The van der Waals surface area contributed by atoms with Crippen LogP contribution in [0.3, 0.4) is 0 Å². The van der Waals surface area contributed by atoms with Crippen LogP contribution in [0.25, 0.3) is 0 Å². The number of hydrogen-bond acceptors (Lipinski definition) is 9. The fourth-order valence-electron chi connectivity index (χ4n) is 2.05. The quantitative estimate of drug-likeness (QED) is 0.135. The molecule has 1 heterocycles. The molecule has 5 atom stereocenters. The van der Waals surface area contributed by atoms with E-state index in [2.05, 4.69) is 5.16 Å². The highest BCUT2D eigenvalue weighted by atomic mass is 32.2.